The third kappa shape index (κ3) is 2.10. The number of thiol groups is 1. The van der Waals surface area contributed by atoms with Crippen molar-refractivity contribution in [2.45, 2.75) is 0 Å². The average molecular weight is 239 g/mol. The van der Waals surface area contributed by atoms with E-state index in [-0.39, 0.29) is 10.1 Å². The largest absolute Gasteiger partial charge is 0.281 e. The minimum atomic E-state index is -0.203. The third-order valence-electron chi connectivity index (χ3n) is 1.25. The quantitative estimate of drug-likeness (QED) is 0.594. The Labute approximate surface area is 89.2 Å². The second kappa shape index (κ2) is 4.42. The molecule has 64 valence electrons. The molecule has 1 aromatic carbocycles. The van der Waals surface area contributed by atoms with E-state index >= 15 is 0 Å². The van der Waals surface area contributed by atoms with Crippen LogP contribution in [0.1, 0.15) is 10.4 Å². The topological polar surface area (TPSA) is 17.1 Å². The molecule has 0 aliphatic rings. The van der Waals surface area contributed by atoms with E-state index in [9.17, 15) is 4.79 Å². The Kier molecular flexibility index (Phi) is 3.77. The summed E-state index contributed by atoms with van der Waals surface area (Å²) in [7, 11) is 0.813. The van der Waals surface area contributed by atoms with Crippen molar-refractivity contribution in [3.8, 4) is 0 Å². The summed E-state index contributed by atoms with van der Waals surface area (Å²) >= 11 is 15.2. The molecule has 5 heteroatoms. The molecule has 0 saturated heterocycles. The number of hydrogen-bond acceptors (Lipinski definition) is 3. The van der Waals surface area contributed by atoms with E-state index in [1.54, 1.807) is 18.2 Å². The normalized spacial score (nSPS) is 9.92. The molecule has 0 atom stereocenters. The Hall–Kier alpha value is 0.170. The van der Waals surface area contributed by atoms with Crippen molar-refractivity contribution >= 4 is 50.8 Å². The molecular formula is C7H4Cl2OS2. The van der Waals surface area contributed by atoms with Crippen LogP contribution in [0, 0.1) is 0 Å². The predicted molar refractivity (Wildman–Crippen MR) is 57.4 cm³/mol. The maximum Gasteiger partial charge on any atom is 0.231 e. The highest BCUT2D eigenvalue weighted by atomic mass is 35.5. The van der Waals surface area contributed by atoms with Gasteiger partial charge in [0, 0.05) is 5.56 Å². The van der Waals surface area contributed by atoms with Crippen molar-refractivity contribution in [2.75, 3.05) is 0 Å². The number of benzene rings is 1. The number of halogens is 2. The summed E-state index contributed by atoms with van der Waals surface area (Å²) in [6.45, 7) is 0. The number of carbonyl (C=O) groups is 1. The van der Waals surface area contributed by atoms with E-state index in [0.29, 0.717) is 10.6 Å². The molecule has 1 nitrogen and oxygen atoms in total. The zero-order chi connectivity index (χ0) is 9.14. The minimum absolute atomic E-state index is 0.203. The van der Waals surface area contributed by atoms with Gasteiger partial charge in [0.1, 0.15) is 0 Å². The van der Waals surface area contributed by atoms with Crippen LogP contribution in [-0.4, -0.2) is 5.12 Å². The lowest BCUT2D eigenvalue weighted by Gasteiger charge is -2.00. The number of rotatable bonds is 1. The molecule has 0 N–H and O–H groups in total. The minimum Gasteiger partial charge on any atom is -0.281 e. The molecule has 0 radical (unpaired) electrons. The summed E-state index contributed by atoms with van der Waals surface area (Å²) in [4.78, 5) is 11.1. The van der Waals surface area contributed by atoms with E-state index in [1.165, 1.54) is 0 Å². The zero-order valence-electron chi connectivity index (χ0n) is 5.75. The summed E-state index contributed by atoms with van der Waals surface area (Å²) in [5.74, 6) is 0. The Bertz CT molecular complexity index is 314. The first-order chi connectivity index (χ1) is 5.66. The van der Waals surface area contributed by atoms with Crippen LogP contribution >= 0.6 is 45.7 Å². The highest BCUT2D eigenvalue weighted by Crippen LogP contribution is 2.28. The number of hydrogen-bond donors (Lipinski definition) is 1. The molecule has 1 rings (SSSR count). The van der Waals surface area contributed by atoms with Crippen molar-refractivity contribution in [3.05, 3.63) is 33.8 Å². The Morgan fingerprint density at radius 1 is 1.42 bits per heavy atom. The van der Waals surface area contributed by atoms with Gasteiger partial charge in [0.2, 0.25) is 5.12 Å². The molecule has 0 amide bonds. The fourth-order valence-corrected chi connectivity index (χ4v) is 1.72. The van der Waals surface area contributed by atoms with Crippen LogP contribution in [0.5, 0.6) is 0 Å². The summed E-state index contributed by atoms with van der Waals surface area (Å²) < 4.78 is 0. The van der Waals surface area contributed by atoms with E-state index in [1.807, 2.05) is 0 Å². The van der Waals surface area contributed by atoms with E-state index < -0.39 is 0 Å². The molecule has 0 fully saturated rings. The Balaban J connectivity index is 3.16. The fraction of sp³-hybridized carbons (Fsp3) is 0. The average Bonchev–Trinajstić information content (AvgIpc) is 2.08. The van der Waals surface area contributed by atoms with Gasteiger partial charge < -0.3 is 0 Å². The summed E-state index contributed by atoms with van der Waals surface area (Å²) in [5.41, 5.74) is 0.393. The molecule has 0 aromatic heterocycles. The Morgan fingerprint density at radius 2 is 2.08 bits per heavy atom. The molecule has 0 saturated carbocycles. The van der Waals surface area contributed by atoms with Crippen LogP contribution in [0.25, 0.3) is 0 Å². The van der Waals surface area contributed by atoms with Crippen molar-refractivity contribution in [3.63, 3.8) is 0 Å². The van der Waals surface area contributed by atoms with Crippen LogP contribution < -0.4 is 0 Å². The highest BCUT2D eigenvalue weighted by molar-refractivity contribution is 8.75. The Morgan fingerprint density at radius 3 is 2.67 bits per heavy atom. The highest BCUT2D eigenvalue weighted by Gasteiger charge is 2.11. The first-order valence-electron chi connectivity index (χ1n) is 2.96. The van der Waals surface area contributed by atoms with Gasteiger partial charge in [0.15, 0.2) is 0 Å². The molecule has 0 aliphatic heterocycles. The van der Waals surface area contributed by atoms with Crippen LogP contribution in [0.3, 0.4) is 0 Å². The lowest BCUT2D eigenvalue weighted by Crippen LogP contribution is -1.91. The van der Waals surface area contributed by atoms with Gasteiger partial charge in [-0.1, -0.05) is 29.3 Å². The van der Waals surface area contributed by atoms with Crippen LogP contribution in [0.15, 0.2) is 18.2 Å². The van der Waals surface area contributed by atoms with Gasteiger partial charge in [-0.2, -0.15) is 0 Å². The lowest BCUT2D eigenvalue weighted by atomic mass is 10.2. The van der Waals surface area contributed by atoms with Crippen LogP contribution in [0.4, 0.5) is 0 Å². The number of carbonyl (C=O) groups excluding carboxylic acids is 1. The first kappa shape index (κ1) is 10.3. The van der Waals surface area contributed by atoms with Gasteiger partial charge in [0.25, 0.3) is 0 Å². The second-order valence-electron chi connectivity index (χ2n) is 1.98. The maximum atomic E-state index is 11.1. The van der Waals surface area contributed by atoms with Crippen molar-refractivity contribution in [1.29, 1.82) is 0 Å². The van der Waals surface area contributed by atoms with Gasteiger partial charge in [-0.05, 0) is 22.9 Å². The lowest BCUT2D eigenvalue weighted by molar-refractivity contribution is 0.109. The second-order valence-corrected chi connectivity index (χ2v) is 3.87. The molecular weight excluding hydrogens is 235 g/mol. The van der Waals surface area contributed by atoms with Gasteiger partial charge in [-0.15, -0.1) is 11.7 Å². The zero-order valence-corrected chi connectivity index (χ0v) is 8.97. The molecule has 1 aromatic rings. The molecule has 0 bridgehead atoms. The maximum absolute atomic E-state index is 11.1. The molecule has 0 aliphatic carbocycles. The smallest absolute Gasteiger partial charge is 0.231 e. The SMILES string of the molecule is O=C(SS)c1cccc(Cl)c1Cl. The standard InChI is InChI=1S/C7H4Cl2OS2/c8-5-3-1-2-4(6(5)9)7(10)12-11/h1-3,11H. The molecule has 0 spiro atoms. The van der Waals surface area contributed by atoms with Crippen molar-refractivity contribution in [2.24, 2.45) is 0 Å². The van der Waals surface area contributed by atoms with Crippen molar-refractivity contribution in [1.82, 2.24) is 0 Å². The fourth-order valence-electron chi connectivity index (χ4n) is 0.711. The van der Waals surface area contributed by atoms with Gasteiger partial charge in [-0.25, -0.2) is 0 Å². The van der Waals surface area contributed by atoms with E-state index in [4.69, 9.17) is 23.2 Å². The summed E-state index contributed by atoms with van der Waals surface area (Å²) in [6.07, 6.45) is 0. The van der Waals surface area contributed by atoms with Gasteiger partial charge >= 0.3 is 0 Å². The van der Waals surface area contributed by atoms with E-state index in [2.05, 4.69) is 11.7 Å². The van der Waals surface area contributed by atoms with Crippen molar-refractivity contribution < 1.29 is 4.79 Å². The predicted octanol–water partition coefficient (Wildman–Crippen LogP) is 3.71. The molecule has 0 heterocycles. The summed E-state index contributed by atoms with van der Waals surface area (Å²) in [6, 6.07) is 4.91. The molecule has 0 unspecified atom stereocenters. The summed E-state index contributed by atoms with van der Waals surface area (Å²) in [5, 5.41) is 0.460. The third-order valence-corrected chi connectivity index (χ3v) is 2.96. The van der Waals surface area contributed by atoms with Crippen LogP contribution in [-0.2, 0) is 0 Å². The van der Waals surface area contributed by atoms with E-state index in [0.717, 1.165) is 10.8 Å². The van der Waals surface area contributed by atoms with Gasteiger partial charge in [0.05, 0.1) is 10.0 Å². The first-order valence-corrected chi connectivity index (χ1v) is 5.59. The molecule has 12 heavy (non-hydrogen) atoms. The van der Waals surface area contributed by atoms with Gasteiger partial charge in [-0.3, -0.25) is 4.79 Å². The van der Waals surface area contributed by atoms with Crippen LogP contribution in [0.2, 0.25) is 10.0 Å². The monoisotopic (exact) mass is 238 g/mol.